The number of amides is 1. The predicted octanol–water partition coefficient (Wildman–Crippen LogP) is 3.77. The summed E-state index contributed by atoms with van der Waals surface area (Å²) in [4.78, 5) is 11.8. The molecule has 1 N–H and O–H groups in total. The highest BCUT2D eigenvalue weighted by Crippen LogP contribution is 2.38. The molecule has 2 rings (SSSR count). The van der Waals surface area contributed by atoms with Gasteiger partial charge in [0.05, 0.1) is 21.2 Å². The molecule has 24 heavy (non-hydrogen) atoms. The predicted molar refractivity (Wildman–Crippen MR) is 83.6 cm³/mol. The summed E-state index contributed by atoms with van der Waals surface area (Å²) in [5.41, 5.74) is -1.82. The lowest BCUT2D eigenvalue weighted by Gasteiger charge is -2.15. The van der Waals surface area contributed by atoms with Gasteiger partial charge >= 0.3 is 6.18 Å². The Kier molecular flexibility index (Phi) is 5.19. The van der Waals surface area contributed by atoms with Crippen LogP contribution in [0.3, 0.4) is 0 Å². The average Bonchev–Trinajstić information content (AvgIpc) is 2.48. The van der Waals surface area contributed by atoms with Gasteiger partial charge in [0.1, 0.15) is 5.75 Å². The van der Waals surface area contributed by atoms with Crippen molar-refractivity contribution in [3.05, 3.63) is 59.1 Å². The van der Waals surface area contributed by atoms with Gasteiger partial charge in [-0.2, -0.15) is 13.2 Å². The summed E-state index contributed by atoms with van der Waals surface area (Å²) >= 11 is 5.70. The zero-order valence-corrected chi connectivity index (χ0v) is 13.5. The lowest BCUT2D eigenvalue weighted by atomic mass is 10.1. The summed E-state index contributed by atoms with van der Waals surface area (Å²) < 4.78 is 63.0. The van der Waals surface area contributed by atoms with Gasteiger partial charge in [-0.05, 0) is 24.3 Å². The van der Waals surface area contributed by atoms with Gasteiger partial charge in [-0.15, -0.1) is 0 Å². The van der Waals surface area contributed by atoms with E-state index >= 15 is 0 Å². The van der Waals surface area contributed by atoms with Gasteiger partial charge < -0.3 is 5.32 Å². The van der Waals surface area contributed by atoms with Crippen molar-refractivity contribution in [2.75, 3.05) is 11.1 Å². The quantitative estimate of drug-likeness (QED) is 0.882. The van der Waals surface area contributed by atoms with Gasteiger partial charge in [-0.25, -0.2) is 8.42 Å². The fourth-order valence-corrected chi connectivity index (χ4v) is 3.32. The fourth-order valence-electron chi connectivity index (χ4n) is 1.95. The topological polar surface area (TPSA) is 63.2 Å². The molecule has 0 aliphatic heterocycles. The van der Waals surface area contributed by atoms with Crippen LogP contribution in [0.25, 0.3) is 0 Å². The number of hydrogen-bond acceptors (Lipinski definition) is 3. The molecular formula is C15H11ClF3NO3S. The van der Waals surface area contributed by atoms with Crippen LogP contribution < -0.4 is 5.32 Å². The summed E-state index contributed by atoms with van der Waals surface area (Å²) in [5, 5.41) is 1.60. The van der Waals surface area contributed by atoms with Crippen LogP contribution >= 0.6 is 11.6 Å². The first kappa shape index (κ1) is 18.3. The summed E-state index contributed by atoms with van der Waals surface area (Å²) in [6, 6.07) is 10.1. The molecule has 0 spiro atoms. The maximum atomic E-state index is 13.0. The third-order valence-electron chi connectivity index (χ3n) is 3.01. The van der Waals surface area contributed by atoms with Crippen molar-refractivity contribution < 1.29 is 26.4 Å². The highest BCUT2D eigenvalue weighted by molar-refractivity contribution is 7.92. The molecule has 0 bridgehead atoms. The van der Waals surface area contributed by atoms with E-state index in [0.717, 1.165) is 18.2 Å². The molecule has 0 atom stereocenters. The second-order valence-corrected chi connectivity index (χ2v) is 7.18. The minimum absolute atomic E-state index is 0.102. The molecule has 2 aromatic carbocycles. The van der Waals surface area contributed by atoms with E-state index in [1.165, 1.54) is 24.3 Å². The number of sulfone groups is 1. The molecule has 0 heterocycles. The van der Waals surface area contributed by atoms with E-state index in [-0.39, 0.29) is 9.92 Å². The maximum Gasteiger partial charge on any atom is 0.418 e. The van der Waals surface area contributed by atoms with Gasteiger partial charge in [0.15, 0.2) is 9.84 Å². The molecule has 0 aliphatic rings. The molecule has 128 valence electrons. The van der Waals surface area contributed by atoms with Crippen LogP contribution in [-0.4, -0.2) is 20.1 Å². The van der Waals surface area contributed by atoms with Crippen LogP contribution in [0.2, 0.25) is 5.02 Å². The largest absolute Gasteiger partial charge is 0.418 e. The second-order valence-electron chi connectivity index (χ2n) is 4.78. The van der Waals surface area contributed by atoms with E-state index in [0.29, 0.717) is 0 Å². The number of benzene rings is 2. The van der Waals surface area contributed by atoms with Crippen molar-refractivity contribution in [1.29, 1.82) is 0 Å². The van der Waals surface area contributed by atoms with Gasteiger partial charge in [0.2, 0.25) is 5.91 Å². The fraction of sp³-hybridized carbons (Fsp3) is 0.133. The van der Waals surface area contributed by atoms with E-state index < -0.39 is 38.9 Å². The van der Waals surface area contributed by atoms with Crippen molar-refractivity contribution >= 4 is 33.0 Å². The molecule has 0 radical (unpaired) electrons. The first-order valence-electron chi connectivity index (χ1n) is 6.54. The highest BCUT2D eigenvalue weighted by atomic mass is 35.5. The molecule has 0 saturated carbocycles. The summed E-state index contributed by atoms with van der Waals surface area (Å²) in [7, 11) is -3.98. The summed E-state index contributed by atoms with van der Waals surface area (Å²) in [6.07, 6.45) is -4.74. The lowest BCUT2D eigenvalue weighted by molar-refractivity contribution is -0.137. The van der Waals surface area contributed by atoms with Crippen LogP contribution in [0.4, 0.5) is 18.9 Å². The monoisotopic (exact) mass is 377 g/mol. The normalized spacial score (nSPS) is 12.0. The van der Waals surface area contributed by atoms with Crippen molar-refractivity contribution in [3.8, 4) is 0 Å². The van der Waals surface area contributed by atoms with Crippen molar-refractivity contribution in [2.24, 2.45) is 0 Å². The molecule has 9 heteroatoms. The number of nitrogens with one attached hydrogen (secondary N) is 1. The average molecular weight is 378 g/mol. The molecule has 0 unspecified atom stereocenters. The first-order valence-corrected chi connectivity index (χ1v) is 8.57. The molecular weight excluding hydrogens is 367 g/mol. The van der Waals surface area contributed by atoms with Crippen molar-refractivity contribution in [1.82, 2.24) is 0 Å². The third kappa shape index (κ3) is 4.27. The van der Waals surface area contributed by atoms with Gasteiger partial charge in [0, 0.05) is 0 Å². The number of para-hydroxylation sites is 1. The Bertz CT molecular complexity index is 852. The molecule has 0 aliphatic carbocycles. The minimum atomic E-state index is -4.74. The SMILES string of the molecule is O=C(CS(=O)(=O)c1ccccc1)Nc1c(Cl)cccc1C(F)(F)F. The highest BCUT2D eigenvalue weighted by Gasteiger charge is 2.35. The van der Waals surface area contributed by atoms with Crippen molar-refractivity contribution in [2.45, 2.75) is 11.1 Å². The number of alkyl halides is 3. The smallest absolute Gasteiger partial charge is 0.323 e. The first-order chi connectivity index (χ1) is 11.1. The molecule has 4 nitrogen and oxygen atoms in total. The van der Waals surface area contributed by atoms with E-state index in [1.54, 1.807) is 6.07 Å². The lowest BCUT2D eigenvalue weighted by Crippen LogP contribution is -2.24. The standard InChI is InChI=1S/C15H11ClF3NO3S/c16-12-8-4-7-11(15(17,18)19)14(12)20-13(21)9-24(22,23)10-5-2-1-3-6-10/h1-8H,9H2,(H,20,21). The van der Waals surface area contributed by atoms with Gasteiger partial charge in [-0.1, -0.05) is 35.9 Å². The molecule has 0 saturated heterocycles. The number of halogens is 4. The van der Waals surface area contributed by atoms with Crippen LogP contribution in [-0.2, 0) is 20.8 Å². The molecule has 2 aromatic rings. The van der Waals surface area contributed by atoms with Crippen LogP contribution in [0, 0.1) is 0 Å². The minimum Gasteiger partial charge on any atom is -0.323 e. The Labute approximate surface area is 141 Å². The van der Waals surface area contributed by atoms with E-state index in [2.05, 4.69) is 0 Å². The van der Waals surface area contributed by atoms with Crippen LogP contribution in [0.5, 0.6) is 0 Å². The zero-order valence-electron chi connectivity index (χ0n) is 12.0. The molecule has 0 fully saturated rings. The van der Waals surface area contributed by atoms with Gasteiger partial charge in [-0.3, -0.25) is 4.79 Å². The van der Waals surface area contributed by atoms with E-state index in [1.807, 2.05) is 5.32 Å². The number of hydrogen-bond donors (Lipinski definition) is 1. The Hall–Kier alpha value is -2.06. The Balaban J connectivity index is 2.26. The number of carbonyl (C=O) groups is 1. The van der Waals surface area contributed by atoms with Crippen LogP contribution in [0.15, 0.2) is 53.4 Å². The Morgan fingerprint density at radius 2 is 1.67 bits per heavy atom. The second kappa shape index (κ2) is 6.82. The number of carbonyl (C=O) groups excluding carboxylic acids is 1. The summed E-state index contributed by atoms with van der Waals surface area (Å²) in [5.74, 6) is -2.11. The maximum absolute atomic E-state index is 13.0. The zero-order chi connectivity index (χ0) is 18.0. The van der Waals surface area contributed by atoms with Gasteiger partial charge in [0.25, 0.3) is 0 Å². The Morgan fingerprint density at radius 1 is 1.04 bits per heavy atom. The molecule has 0 aromatic heterocycles. The third-order valence-corrected chi connectivity index (χ3v) is 4.95. The summed E-state index contributed by atoms with van der Waals surface area (Å²) in [6.45, 7) is 0. The van der Waals surface area contributed by atoms with Crippen LogP contribution in [0.1, 0.15) is 5.56 Å². The number of rotatable bonds is 4. The van der Waals surface area contributed by atoms with Crippen molar-refractivity contribution in [3.63, 3.8) is 0 Å². The number of anilines is 1. The van der Waals surface area contributed by atoms with E-state index in [4.69, 9.17) is 11.6 Å². The van der Waals surface area contributed by atoms with E-state index in [9.17, 15) is 26.4 Å². The Morgan fingerprint density at radius 3 is 2.25 bits per heavy atom. The molecule has 1 amide bonds.